The highest BCUT2D eigenvalue weighted by Gasteiger charge is 2.36. The van der Waals surface area contributed by atoms with Crippen LogP contribution in [0.3, 0.4) is 0 Å². The summed E-state index contributed by atoms with van der Waals surface area (Å²) in [5.74, 6) is 3.02. The molecule has 0 radical (unpaired) electrons. The van der Waals surface area contributed by atoms with Crippen molar-refractivity contribution in [2.75, 3.05) is 13.7 Å². The van der Waals surface area contributed by atoms with Gasteiger partial charge in [0.05, 0.1) is 18.7 Å². The number of methoxy groups -OCH3 is 1. The maximum absolute atomic E-state index is 5.51. The van der Waals surface area contributed by atoms with E-state index in [-0.39, 0.29) is 12.1 Å². The Balaban J connectivity index is 1.50. The van der Waals surface area contributed by atoms with Gasteiger partial charge in [-0.15, -0.1) is 0 Å². The quantitative estimate of drug-likeness (QED) is 0.901. The second-order valence-corrected chi connectivity index (χ2v) is 5.84. The molecule has 2 atom stereocenters. The second kappa shape index (κ2) is 5.23. The molecule has 7 nitrogen and oxygen atoms in total. The van der Waals surface area contributed by atoms with Crippen LogP contribution < -0.4 is 0 Å². The van der Waals surface area contributed by atoms with Crippen molar-refractivity contribution in [3.05, 3.63) is 29.9 Å². The standard InChI is InChI=1S/C14H19N5O2/c1-20-10-6-11(13-15-4-5-16-13)19(7-10)8-12-17-14(21-18-12)9-2-3-9/h4-5,9-11H,2-3,6-8H2,1H3,(H,15,16)/t10-,11?/m1/s1. The summed E-state index contributed by atoms with van der Waals surface area (Å²) < 4.78 is 10.8. The Bertz CT molecular complexity index is 592. The van der Waals surface area contributed by atoms with Crippen LogP contribution in [-0.4, -0.2) is 44.8 Å². The van der Waals surface area contributed by atoms with Crippen molar-refractivity contribution >= 4 is 0 Å². The highest BCUT2D eigenvalue weighted by Crippen LogP contribution is 2.39. The van der Waals surface area contributed by atoms with E-state index in [1.807, 2.05) is 6.20 Å². The summed E-state index contributed by atoms with van der Waals surface area (Å²) in [5, 5.41) is 4.11. The van der Waals surface area contributed by atoms with Gasteiger partial charge in [0.15, 0.2) is 5.82 Å². The fraction of sp³-hybridized carbons (Fsp3) is 0.643. The average Bonchev–Trinajstić information content (AvgIpc) is 2.95. The van der Waals surface area contributed by atoms with Crippen molar-refractivity contribution < 1.29 is 9.26 Å². The lowest BCUT2D eigenvalue weighted by atomic mass is 10.2. The molecule has 1 unspecified atom stereocenters. The maximum Gasteiger partial charge on any atom is 0.229 e. The molecule has 1 saturated carbocycles. The normalized spacial score (nSPS) is 26.5. The fourth-order valence-corrected chi connectivity index (χ4v) is 2.96. The molecule has 3 heterocycles. The molecule has 1 aliphatic heterocycles. The summed E-state index contributed by atoms with van der Waals surface area (Å²) in [6, 6.07) is 0.216. The van der Waals surface area contributed by atoms with Crippen LogP contribution in [0.1, 0.15) is 48.8 Å². The summed E-state index contributed by atoms with van der Waals surface area (Å²) in [4.78, 5) is 14.4. The van der Waals surface area contributed by atoms with Crippen LogP contribution in [0.25, 0.3) is 0 Å². The summed E-state index contributed by atoms with van der Waals surface area (Å²) in [6.07, 6.45) is 7.13. The molecule has 7 heteroatoms. The number of hydrogen-bond donors (Lipinski definition) is 1. The predicted octanol–water partition coefficient (Wildman–Crippen LogP) is 1.63. The van der Waals surface area contributed by atoms with Gasteiger partial charge in [0.1, 0.15) is 5.82 Å². The Morgan fingerprint density at radius 3 is 3.10 bits per heavy atom. The fourth-order valence-electron chi connectivity index (χ4n) is 2.96. The minimum atomic E-state index is 0.216. The van der Waals surface area contributed by atoms with Crippen LogP contribution in [0.5, 0.6) is 0 Å². The SMILES string of the molecule is CO[C@@H]1CC(c2ncc[nH]2)N(Cc2noc(C3CC3)n2)C1. The van der Waals surface area contributed by atoms with Gasteiger partial charge in [0, 0.05) is 32.0 Å². The molecule has 4 rings (SSSR count). The lowest BCUT2D eigenvalue weighted by Crippen LogP contribution is -2.25. The van der Waals surface area contributed by atoms with E-state index >= 15 is 0 Å². The molecule has 0 spiro atoms. The Hall–Kier alpha value is -1.73. The van der Waals surface area contributed by atoms with E-state index in [4.69, 9.17) is 9.26 Å². The first kappa shape index (κ1) is 13.0. The molecule has 0 bridgehead atoms. The number of H-pyrrole nitrogens is 1. The van der Waals surface area contributed by atoms with Gasteiger partial charge in [-0.25, -0.2) is 4.98 Å². The molecule has 2 aromatic rings. The van der Waals surface area contributed by atoms with E-state index in [1.54, 1.807) is 13.3 Å². The van der Waals surface area contributed by atoms with E-state index in [0.29, 0.717) is 12.5 Å². The van der Waals surface area contributed by atoms with Crippen LogP contribution >= 0.6 is 0 Å². The first-order valence-electron chi connectivity index (χ1n) is 7.42. The number of nitrogens with one attached hydrogen (secondary N) is 1. The zero-order valence-electron chi connectivity index (χ0n) is 12.0. The van der Waals surface area contributed by atoms with Crippen molar-refractivity contribution in [3.63, 3.8) is 0 Å². The number of aromatic amines is 1. The molecule has 0 aromatic carbocycles. The first-order chi connectivity index (χ1) is 10.3. The zero-order valence-corrected chi connectivity index (χ0v) is 12.0. The van der Waals surface area contributed by atoms with Crippen LogP contribution in [-0.2, 0) is 11.3 Å². The van der Waals surface area contributed by atoms with Gasteiger partial charge >= 0.3 is 0 Å². The second-order valence-electron chi connectivity index (χ2n) is 5.84. The van der Waals surface area contributed by atoms with Crippen LogP contribution in [0, 0.1) is 0 Å². The van der Waals surface area contributed by atoms with Gasteiger partial charge < -0.3 is 14.2 Å². The third-order valence-electron chi connectivity index (χ3n) is 4.29. The predicted molar refractivity (Wildman–Crippen MR) is 73.4 cm³/mol. The topological polar surface area (TPSA) is 80.1 Å². The van der Waals surface area contributed by atoms with Crippen LogP contribution in [0.15, 0.2) is 16.9 Å². The van der Waals surface area contributed by atoms with Crippen molar-refractivity contribution in [2.45, 2.75) is 43.9 Å². The smallest absolute Gasteiger partial charge is 0.229 e. The number of likely N-dealkylation sites (tertiary alicyclic amines) is 1. The number of ether oxygens (including phenoxy) is 1. The molecule has 1 saturated heterocycles. The Morgan fingerprint density at radius 2 is 2.38 bits per heavy atom. The molecule has 0 amide bonds. The largest absolute Gasteiger partial charge is 0.380 e. The zero-order chi connectivity index (χ0) is 14.2. The number of imidazole rings is 1. The van der Waals surface area contributed by atoms with Crippen molar-refractivity contribution in [1.29, 1.82) is 0 Å². The third-order valence-corrected chi connectivity index (χ3v) is 4.29. The van der Waals surface area contributed by atoms with Gasteiger partial charge in [-0.05, 0) is 19.3 Å². The molecular weight excluding hydrogens is 270 g/mol. The Labute approximate surface area is 122 Å². The Morgan fingerprint density at radius 1 is 1.48 bits per heavy atom. The molecule has 2 fully saturated rings. The van der Waals surface area contributed by atoms with Gasteiger partial charge in [0.25, 0.3) is 0 Å². The van der Waals surface area contributed by atoms with E-state index < -0.39 is 0 Å². The van der Waals surface area contributed by atoms with E-state index in [0.717, 1.165) is 30.5 Å². The maximum atomic E-state index is 5.51. The minimum Gasteiger partial charge on any atom is -0.380 e. The molecule has 2 aromatic heterocycles. The van der Waals surface area contributed by atoms with Gasteiger partial charge in [-0.2, -0.15) is 4.98 Å². The molecule has 21 heavy (non-hydrogen) atoms. The molecule has 2 aliphatic rings. The lowest BCUT2D eigenvalue weighted by Gasteiger charge is -2.20. The summed E-state index contributed by atoms with van der Waals surface area (Å²) in [5.41, 5.74) is 0. The Kier molecular flexibility index (Phi) is 3.23. The minimum absolute atomic E-state index is 0.216. The average molecular weight is 289 g/mol. The molecule has 1 aliphatic carbocycles. The summed E-state index contributed by atoms with van der Waals surface area (Å²) in [6.45, 7) is 1.52. The van der Waals surface area contributed by atoms with E-state index in [9.17, 15) is 0 Å². The summed E-state index contributed by atoms with van der Waals surface area (Å²) >= 11 is 0. The van der Waals surface area contributed by atoms with Crippen LogP contribution in [0.4, 0.5) is 0 Å². The number of nitrogens with zero attached hydrogens (tertiary/aromatic N) is 4. The van der Waals surface area contributed by atoms with Gasteiger partial charge in [-0.3, -0.25) is 4.90 Å². The third kappa shape index (κ3) is 2.58. The first-order valence-corrected chi connectivity index (χ1v) is 7.42. The van der Waals surface area contributed by atoms with Crippen molar-refractivity contribution in [3.8, 4) is 0 Å². The number of aromatic nitrogens is 4. The number of hydrogen-bond acceptors (Lipinski definition) is 6. The highest BCUT2D eigenvalue weighted by atomic mass is 16.5. The van der Waals surface area contributed by atoms with E-state index in [2.05, 4.69) is 25.0 Å². The van der Waals surface area contributed by atoms with Gasteiger partial charge in [0.2, 0.25) is 5.89 Å². The van der Waals surface area contributed by atoms with E-state index in [1.165, 1.54) is 12.8 Å². The molecular formula is C14H19N5O2. The van der Waals surface area contributed by atoms with Crippen molar-refractivity contribution in [2.24, 2.45) is 0 Å². The lowest BCUT2D eigenvalue weighted by molar-refractivity contribution is 0.106. The molecule has 1 N–H and O–H groups in total. The van der Waals surface area contributed by atoms with Crippen LogP contribution in [0.2, 0.25) is 0 Å². The van der Waals surface area contributed by atoms with Crippen molar-refractivity contribution in [1.82, 2.24) is 25.0 Å². The molecule has 112 valence electrons. The monoisotopic (exact) mass is 289 g/mol. The van der Waals surface area contributed by atoms with Gasteiger partial charge in [-0.1, -0.05) is 5.16 Å². The number of rotatable bonds is 5. The summed E-state index contributed by atoms with van der Waals surface area (Å²) in [7, 11) is 1.76. The highest BCUT2D eigenvalue weighted by molar-refractivity contribution is 5.05.